The summed E-state index contributed by atoms with van der Waals surface area (Å²) in [5, 5.41) is 2.43. The van der Waals surface area contributed by atoms with Crippen molar-refractivity contribution < 1.29 is 9.53 Å². The van der Waals surface area contributed by atoms with Crippen molar-refractivity contribution in [2.24, 2.45) is 0 Å². The molecule has 3 aromatic rings. The molecule has 0 bridgehead atoms. The number of hydrogen-bond donors (Lipinski definition) is 1. The highest BCUT2D eigenvalue weighted by atomic mass is 32.1. The summed E-state index contributed by atoms with van der Waals surface area (Å²) in [5.74, 6) is -0.161. The Kier molecular flexibility index (Phi) is 4.11. The fourth-order valence-corrected chi connectivity index (χ4v) is 2.55. The van der Waals surface area contributed by atoms with Crippen molar-refractivity contribution in [2.45, 2.75) is 6.61 Å². The molecule has 1 aromatic carbocycles. The van der Waals surface area contributed by atoms with E-state index in [1.54, 1.807) is 30.3 Å². The molecule has 2 aromatic heterocycles. The second kappa shape index (κ2) is 6.36. The molecule has 0 radical (unpaired) electrons. The minimum absolute atomic E-state index is 0.0757. The van der Waals surface area contributed by atoms with E-state index in [0.717, 1.165) is 4.88 Å². The molecule has 0 unspecified atom stereocenters. The monoisotopic (exact) mass is 312 g/mol. The minimum atomic E-state index is -0.482. The van der Waals surface area contributed by atoms with Gasteiger partial charge < -0.3 is 9.72 Å². The normalized spacial score (nSPS) is 11.1. The maximum atomic E-state index is 11.9. The predicted molar refractivity (Wildman–Crippen MR) is 85.5 cm³/mol. The standard InChI is InChI=1S/C16H12N2O3S/c19-15(8-7-11-4-3-9-22-11)21-10-14-17-13-6-2-1-5-12(13)16(20)18-14/h1-9H,10H2,(H,17,18,20). The van der Waals surface area contributed by atoms with Crippen LogP contribution >= 0.6 is 11.3 Å². The highest BCUT2D eigenvalue weighted by Gasteiger charge is 2.05. The Morgan fingerprint density at radius 3 is 2.95 bits per heavy atom. The van der Waals surface area contributed by atoms with Crippen LogP contribution in [0.5, 0.6) is 0 Å². The molecule has 110 valence electrons. The fourth-order valence-electron chi connectivity index (χ4n) is 1.93. The molecular weight excluding hydrogens is 300 g/mol. The van der Waals surface area contributed by atoms with Crippen LogP contribution in [0.3, 0.4) is 0 Å². The van der Waals surface area contributed by atoms with Gasteiger partial charge in [-0.2, -0.15) is 0 Å². The van der Waals surface area contributed by atoms with E-state index in [2.05, 4.69) is 9.97 Å². The summed E-state index contributed by atoms with van der Waals surface area (Å²) in [4.78, 5) is 31.4. The van der Waals surface area contributed by atoms with Gasteiger partial charge in [-0.1, -0.05) is 18.2 Å². The van der Waals surface area contributed by atoms with E-state index in [0.29, 0.717) is 16.7 Å². The number of carbonyl (C=O) groups is 1. The van der Waals surface area contributed by atoms with E-state index in [1.807, 2.05) is 17.5 Å². The molecule has 6 heteroatoms. The third kappa shape index (κ3) is 3.29. The Morgan fingerprint density at radius 2 is 2.14 bits per heavy atom. The van der Waals surface area contributed by atoms with Crippen molar-refractivity contribution in [2.75, 3.05) is 0 Å². The molecule has 5 nitrogen and oxygen atoms in total. The highest BCUT2D eigenvalue weighted by molar-refractivity contribution is 7.10. The molecule has 0 saturated carbocycles. The minimum Gasteiger partial charge on any atom is -0.454 e. The van der Waals surface area contributed by atoms with E-state index in [-0.39, 0.29) is 12.2 Å². The van der Waals surface area contributed by atoms with Crippen molar-refractivity contribution in [1.82, 2.24) is 9.97 Å². The third-order valence-electron chi connectivity index (χ3n) is 2.94. The SMILES string of the molecule is O=C(C=Cc1cccs1)OCc1nc2ccccc2c(=O)[nH]1. The number of nitrogens with one attached hydrogen (secondary N) is 1. The average Bonchev–Trinajstić information content (AvgIpc) is 3.04. The van der Waals surface area contributed by atoms with Gasteiger partial charge >= 0.3 is 5.97 Å². The van der Waals surface area contributed by atoms with Crippen LogP contribution in [-0.2, 0) is 16.1 Å². The maximum absolute atomic E-state index is 11.9. The first-order valence-corrected chi connectivity index (χ1v) is 7.46. The van der Waals surface area contributed by atoms with Crippen LogP contribution in [0.15, 0.2) is 52.6 Å². The van der Waals surface area contributed by atoms with Gasteiger partial charge in [-0.15, -0.1) is 11.3 Å². The summed E-state index contributed by atoms with van der Waals surface area (Å²) < 4.78 is 5.08. The Balaban J connectivity index is 1.69. The lowest BCUT2D eigenvalue weighted by atomic mass is 10.2. The Hall–Kier alpha value is -2.73. The Bertz CT molecular complexity index is 882. The number of H-pyrrole nitrogens is 1. The maximum Gasteiger partial charge on any atom is 0.331 e. The highest BCUT2D eigenvalue weighted by Crippen LogP contribution is 2.10. The number of aromatic amines is 1. The number of benzene rings is 1. The lowest BCUT2D eigenvalue weighted by Gasteiger charge is -2.03. The summed E-state index contributed by atoms with van der Waals surface area (Å²) in [6.07, 6.45) is 3.04. The number of nitrogens with zero attached hydrogens (tertiary/aromatic N) is 1. The number of ether oxygens (including phenoxy) is 1. The van der Waals surface area contributed by atoms with Crippen molar-refractivity contribution in [3.63, 3.8) is 0 Å². The summed E-state index contributed by atoms with van der Waals surface area (Å²) in [5.41, 5.74) is 0.331. The molecular formula is C16H12N2O3S. The van der Waals surface area contributed by atoms with Gasteiger partial charge in [-0.25, -0.2) is 9.78 Å². The van der Waals surface area contributed by atoms with Gasteiger partial charge in [-0.05, 0) is 29.7 Å². The van der Waals surface area contributed by atoms with E-state index < -0.39 is 5.97 Å². The molecule has 0 aliphatic carbocycles. The Morgan fingerprint density at radius 1 is 1.27 bits per heavy atom. The van der Waals surface area contributed by atoms with Crippen LogP contribution in [0.25, 0.3) is 17.0 Å². The van der Waals surface area contributed by atoms with Crippen molar-refractivity contribution in [3.8, 4) is 0 Å². The number of fused-ring (bicyclic) bond motifs is 1. The smallest absolute Gasteiger partial charge is 0.331 e. The van der Waals surface area contributed by atoms with Crippen LogP contribution in [0, 0.1) is 0 Å². The van der Waals surface area contributed by atoms with Gasteiger partial charge in [0, 0.05) is 11.0 Å². The number of esters is 1. The summed E-state index contributed by atoms with van der Waals surface area (Å²) in [6, 6.07) is 10.8. The molecule has 0 spiro atoms. The zero-order chi connectivity index (χ0) is 15.4. The summed E-state index contributed by atoms with van der Waals surface area (Å²) in [7, 11) is 0. The zero-order valence-electron chi connectivity index (χ0n) is 11.5. The lowest BCUT2D eigenvalue weighted by Crippen LogP contribution is -2.13. The predicted octanol–water partition coefficient (Wildman–Crippen LogP) is 2.74. The molecule has 22 heavy (non-hydrogen) atoms. The fraction of sp³-hybridized carbons (Fsp3) is 0.0625. The quantitative estimate of drug-likeness (QED) is 0.594. The van der Waals surface area contributed by atoms with E-state index in [4.69, 9.17) is 4.74 Å². The Labute approximate surface area is 129 Å². The van der Waals surface area contributed by atoms with Crippen molar-refractivity contribution >= 4 is 34.3 Å². The molecule has 0 atom stereocenters. The lowest BCUT2D eigenvalue weighted by molar-refractivity contribution is -0.139. The third-order valence-corrected chi connectivity index (χ3v) is 3.78. The van der Waals surface area contributed by atoms with Gasteiger partial charge in [-0.3, -0.25) is 4.79 Å². The average molecular weight is 312 g/mol. The molecule has 0 fully saturated rings. The van der Waals surface area contributed by atoms with Crippen LogP contribution in [0.2, 0.25) is 0 Å². The molecule has 0 saturated heterocycles. The number of carbonyl (C=O) groups excluding carboxylic acids is 1. The topological polar surface area (TPSA) is 72.0 Å². The number of rotatable bonds is 4. The van der Waals surface area contributed by atoms with Gasteiger partial charge in [0.2, 0.25) is 0 Å². The van der Waals surface area contributed by atoms with Gasteiger partial charge in [0.1, 0.15) is 12.4 Å². The second-order valence-electron chi connectivity index (χ2n) is 4.49. The summed E-state index contributed by atoms with van der Waals surface area (Å²) in [6.45, 7) is -0.0757. The number of para-hydroxylation sites is 1. The first-order chi connectivity index (χ1) is 10.7. The van der Waals surface area contributed by atoms with Crippen molar-refractivity contribution in [1.29, 1.82) is 0 Å². The van der Waals surface area contributed by atoms with Crippen LogP contribution in [-0.4, -0.2) is 15.9 Å². The first-order valence-electron chi connectivity index (χ1n) is 6.59. The first kappa shape index (κ1) is 14.2. The number of hydrogen-bond acceptors (Lipinski definition) is 5. The molecule has 3 rings (SSSR count). The van der Waals surface area contributed by atoms with Gasteiger partial charge in [0.15, 0.2) is 0 Å². The van der Waals surface area contributed by atoms with Crippen molar-refractivity contribution in [3.05, 3.63) is 68.9 Å². The number of aromatic nitrogens is 2. The largest absolute Gasteiger partial charge is 0.454 e. The van der Waals surface area contributed by atoms with Gasteiger partial charge in [0.25, 0.3) is 5.56 Å². The molecule has 0 aliphatic heterocycles. The van der Waals surface area contributed by atoms with E-state index in [9.17, 15) is 9.59 Å². The molecule has 0 aliphatic rings. The van der Waals surface area contributed by atoms with Crippen LogP contribution < -0.4 is 5.56 Å². The van der Waals surface area contributed by atoms with Crippen LogP contribution in [0.4, 0.5) is 0 Å². The van der Waals surface area contributed by atoms with E-state index >= 15 is 0 Å². The second-order valence-corrected chi connectivity index (χ2v) is 5.47. The van der Waals surface area contributed by atoms with Crippen LogP contribution in [0.1, 0.15) is 10.7 Å². The number of thiophene rings is 1. The summed E-state index contributed by atoms with van der Waals surface area (Å²) >= 11 is 1.53. The molecule has 2 heterocycles. The zero-order valence-corrected chi connectivity index (χ0v) is 12.3. The molecule has 0 amide bonds. The van der Waals surface area contributed by atoms with E-state index in [1.165, 1.54) is 17.4 Å². The molecule has 1 N–H and O–H groups in total. The van der Waals surface area contributed by atoms with Gasteiger partial charge in [0.05, 0.1) is 10.9 Å².